The molecule has 4 nitrogen and oxygen atoms in total. The fourth-order valence-corrected chi connectivity index (χ4v) is 1.76. The van der Waals surface area contributed by atoms with Gasteiger partial charge in [-0.05, 0) is 19.1 Å². The molecule has 0 fully saturated rings. The summed E-state index contributed by atoms with van der Waals surface area (Å²) in [6.45, 7) is 1.97. The molecule has 0 aliphatic heterocycles. The van der Waals surface area contributed by atoms with Gasteiger partial charge in [0.05, 0.1) is 18.2 Å². The van der Waals surface area contributed by atoms with E-state index in [-0.39, 0.29) is 12.2 Å². The number of rotatable bonds is 4. The molecule has 0 saturated carbocycles. The van der Waals surface area contributed by atoms with Gasteiger partial charge in [-0.3, -0.25) is 0 Å². The van der Waals surface area contributed by atoms with Crippen LogP contribution >= 0.6 is 0 Å². The Morgan fingerprint density at radius 1 is 1.26 bits per heavy atom. The summed E-state index contributed by atoms with van der Waals surface area (Å²) in [4.78, 5) is 9.50. The summed E-state index contributed by atoms with van der Waals surface area (Å²) in [6, 6.07) is 11.4. The third-order valence-corrected chi connectivity index (χ3v) is 2.72. The summed E-state index contributed by atoms with van der Waals surface area (Å²) in [5, 5.41) is 8.73. The predicted molar refractivity (Wildman–Crippen MR) is 70.4 cm³/mol. The highest BCUT2D eigenvalue weighted by Crippen LogP contribution is 2.26. The Bertz CT molecular complexity index is 592. The van der Waals surface area contributed by atoms with Crippen molar-refractivity contribution in [2.45, 2.75) is 13.3 Å². The second-order valence-electron chi connectivity index (χ2n) is 3.99. The maximum absolute atomic E-state index is 14.1. The SMILES string of the molecule is Cc1ncnc(N(CCC#N)c2ccccc2)c1F. The summed E-state index contributed by atoms with van der Waals surface area (Å²) in [5.74, 6) is -0.252. The Morgan fingerprint density at radius 3 is 2.68 bits per heavy atom. The first-order valence-electron chi connectivity index (χ1n) is 5.90. The average Bonchev–Trinajstić information content (AvgIpc) is 2.45. The summed E-state index contributed by atoms with van der Waals surface area (Å²) in [6.07, 6.45) is 1.62. The van der Waals surface area contributed by atoms with Crippen LogP contribution in [0.25, 0.3) is 0 Å². The molecule has 1 aromatic carbocycles. The largest absolute Gasteiger partial charge is 0.323 e. The van der Waals surface area contributed by atoms with E-state index in [0.717, 1.165) is 5.69 Å². The van der Waals surface area contributed by atoms with E-state index in [0.29, 0.717) is 12.2 Å². The predicted octanol–water partition coefficient (Wildman–Crippen LogP) is 2.98. The summed E-state index contributed by atoms with van der Waals surface area (Å²) in [7, 11) is 0. The van der Waals surface area contributed by atoms with Crippen LogP contribution in [0, 0.1) is 24.1 Å². The maximum atomic E-state index is 14.1. The van der Waals surface area contributed by atoms with Crippen LogP contribution in [0.3, 0.4) is 0 Å². The Hall–Kier alpha value is -2.48. The van der Waals surface area contributed by atoms with E-state index in [9.17, 15) is 4.39 Å². The smallest absolute Gasteiger partial charge is 0.187 e. The lowest BCUT2D eigenvalue weighted by molar-refractivity contribution is 0.598. The number of benzene rings is 1. The molecule has 96 valence electrons. The van der Waals surface area contributed by atoms with E-state index in [2.05, 4.69) is 16.0 Å². The maximum Gasteiger partial charge on any atom is 0.187 e. The first-order chi connectivity index (χ1) is 9.24. The molecular formula is C14H13FN4. The molecular weight excluding hydrogens is 243 g/mol. The van der Waals surface area contributed by atoms with Crippen molar-refractivity contribution < 1.29 is 4.39 Å². The molecule has 0 aliphatic carbocycles. The Morgan fingerprint density at radius 2 is 2.00 bits per heavy atom. The quantitative estimate of drug-likeness (QED) is 0.843. The Labute approximate surface area is 111 Å². The molecule has 1 heterocycles. The first kappa shape index (κ1) is 13.0. The van der Waals surface area contributed by atoms with Gasteiger partial charge in [-0.2, -0.15) is 5.26 Å². The van der Waals surface area contributed by atoms with Crippen molar-refractivity contribution in [3.63, 3.8) is 0 Å². The zero-order valence-electron chi connectivity index (χ0n) is 10.5. The topological polar surface area (TPSA) is 52.8 Å². The number of aryl methyl sites for hydroxylation is 1. The van der Waals surface area contributed by atoms with Gasteiger partial charge in [-0.15, -0.1) is 0 Å². The monoisotopic (exact) mass is 256 g/mol. The Balaban J connectivity index is 2.44. The molecule has 19 heavy (non-hydrogen) atoms. The van der Waals surface area contributed by atoms with Crippen molar-refractivity contribution in [2.24, 2.45) is 0 Å². The molecule has 0 bridgehead atoms. The van der Waals surface area contributed by atoms with Crippen LogP contribution < -0.4 is 4.90 Å². The van der Waals surface area contributed by atoms with Gasteiger partial charge in [0, 0.05) is 12.2 Å². The molecule has 0 atom stereocenters. The van der Waals surface area contributed by atoms with E-state index >= 15 is 0 Å². The van der Waals surface area contributed by atoms with E-state index in [1.54, 1.807) is 11.8 Å². The highest BCUT2D eigenvalue weighted by atomic mass is 19.1. The van der Waals surface area contributed by atoms with Gasteiger partial charge in [-0.1, -0.05) is 18.2 Å². The number of nitriles is 1. The molecule has 0 saturated heterocycles. The molecule has 0 amide bonds. The fourth-order valence-electron chi connectivity index (χ4n) is 1.76. The average molecular weight is 256 g/mol. The third-order valence-electron chi connectivity index (χ3n) is 2.72. The van der Waals surface area contributed by atoms with Crippen LogP contribution in [0.5, 0.6) is 0 Å². The number of hydrogen-bond donors (Lipinski definition) is 0. The van der Waals surface area contributed by atoms with Crippen molar-refractivity contribution >= 4 is 11.5 Å². The highest BCUT2D eigenvalue weighted by Gasteiger charge is 2.16. The number of halogens is 1. The number of hydrogen-bond acceptors (Lipinski definition) is 4. The normalized spacial score (nSPS) is 9.95. The van der Waals surface area contributed by atoms with Gasteiger partial charge in [-0.25, -0.2) is 14.4 Å². The molecule has 2 aromatic rings. The van der Waals surface area contributed by atoms with Gasteiger partial charge in [0.1, 0.15) is 6.33 Å². The lowest BCUT2D eigenvalue weighted by Crippen LogP contribution is -2.21. The summed E-state index contributed by atoms with van der Waals surface area (Å²) in [5.41, 5.74) is 1.10. The lowest BCUT2D eigenvalue weighted by atomic mass is 10.2. The number of anilines is 2. The van der Waals surface area contributed by atoms with Crippen LogP contribution in [-0.2, 0) is 0 Å². The van der Waals surface area contributed by atoms with Gasteiger partial charge < -0.3 is 4.90 Å². The molecule has 0 aliphatic rings. The van der Waals surface area contributed by atoms with Crippen LogP contribution in [0.1, 0.15) is 12.1 Å². The van der Waals surface area contributed by atoms with Crippen molar-refractivity contribution in [2.75, 3.05) is 11.4 Å². The molecule has 0 unspecified atom stereocenters. The Kier molecular flexibility index (Phi) is 4.04. The second kappa shape index (κ2) is 5.91. The van der Waals surface area contributed by atoms with E-state index in [4.69, 9.17) is 5.26 Å². The highest BCUT2D eigenvalue weighted by molar-refractivity contribution is 5.60. The van der Waals surface area contributed by atoms with E-state index < -0.39 is 5.82 Å². The van der Waals surface area contributed by atoms with Crippen LogP contribution in [0.4, 0.5) is 15.9 Å². The van der Waals surface area contributed by atoms with E-state index in [1.807, 2.05) is 30.3 Å². The zero-order valence-corrected chi connectivity index (χ0v) is 10.5. The first-order valence-corrected chi connectivity index (χ1v) is 5.90. The van der Waals surface area contributed by atoms with Gasteiger partial charge >= 0.3 is 0 Å². The zero-order chi connectivity index (χ0) is 13.7. The van der Waals surface area contributed by atoms with Crippen molar-refractivity contribution in [3.05, 3.63) is 48.2 Å². The number of nitrogens with zero attached hydrogens (tertiary/aromatic N) is 4. The summed E-state index contributed by atoms with van der Waals surface area (Å²) >= 11 is 0. The molecule has 5 heteroatoms. The van der Waals surface area contributed by atoms with Crippen molar-refractivity contribution in [1.82, 2.24) is 9.97 Å². The van der Waals surface area contributed by atoms with Gasteiger partial charge in [0.2, 0.25) is 0 Å². The molecule has 0 radical (unpaired) electrons. The van der Waals surface area contributed by atoms with Crippen LogP contribution in [0.2, 0.25) is 0 Å². The minimum Gasteiger partial charge on any atom is -0.323 e. The van der Waals surface area contributed by atoms with Crippen LogP contribution in [-0.4, -0.2) is 16.5 Å². The van der Waals surface area contributed by atoms with Crippen molar-refractivity contribution in [1.29, 1.82) is 5.26 Å². The van der Waals surface area contributed by atoms with Gasteiger partial charge in [0.25, 0.3) is 0 Å². The molecule has 0 N–H and O–H groups in total. The van der Waals surface area contributed by atoms with Crippen molar-refractivity contribution in [3.8, 4) is 6.07 Å². The van der Waals surface area contributed by atoms with E-state index in [1.165, 1.54) is 6.33 Å². The lowest BCUT2D eigenvalue weighted by Gasteiger charge is -2.23. The standard InChI is InChI=1S/C14H13FN4/c1-11-13(15)14(18-10-17-11)19(9-5-8-16)12-6-3-2-4-7-12/h2-4,6-7,10H,5,9H2,1H3. The summed E-state index contributed by atoms with van der Waals surface area (Å²) < 4.78 is 14.1. The van der Waals surface area contributed by atoms with Crippen LogP contribution in [0.15, 0.2) is 36.7 Å². The molecule has 1 aromatic heterocycles. The second-order valence-corrected chi connectivity index (χ2v) is 3.99. The fraction of sp³-hybridized carbons (Fsp3) is 0.214. The minimum absolute atomic E-state index is 0.203. The van der Waals surface area contributed by atoms with Gasteiger partial charge in [0.15, 0.2) is 11.6 Å². The molecule has 2 rings (SSSR count). The minimum atomic E-state index is -0.454. The third kappa shape index (κ3) is 2.86. The number of aromatic nitrogens is 2. The molecule has 0 spiro atoms. The number of para-hydroxylation sites is 1.